The number of phenolic OH excluding ortho intramolecular Hbond substituents is 1. The number of carbonyl (C=O) groups excluding carboxylic acids is 3. The van der Waals surface area contributed by atoms with E-state index in [-0.39, 0.29) is 23.5 Å². The molecule has 0 fully saturated rings. The molecule has 1 aromatic rings. The first kappa shape index (κ1) is 32.6. The summed E-state index contributed by atoms with van der Waals surface area (Å²) in [5.41, 5.74) is -0.242. The Labute approximate surface area is 228 Å². The molecule has 1 aromatic carbocycles. The van der Waals surface area contributed by atoms with Gasteiger partial charge in [0, 0.05) is 18.3 Å². The normalized spacial score (nSPS) is 14.0. The highest BCUT2D eigenvalue weighted by molar-refractivity contribution is 7.80. The molecule has 8 nitrogen and oxygen atoms in total. The highest BCUT2D eigenvalue weighted by Crippen LogP contribution is 2.29. The van der Waals surface area contributed by atoms with E-state index in [1.54, 1.807) is 32.9 Å². The van der Waals surface area contributed by atoms with Gasteiger partial charge in [-0.2, -0.15) is 12.6 Å². The molecule has 0 aromatic heterocycles. The van der Waals surface area contributed by atoms with Crippen LogP contribution >= 0.6 is 12.6 Å². The molecule has 3 atom stereocenters. The van der Waals surface area contributed by atoms with Crippen LogP contribution in [0.25, 0.3) is 0 Å². The lowest BCUT2D eigenvalue weighted by Crippen LogP contribution is -2.56. The lowest BCUT2D eigenvalue weighted by molar-refractivity contribution is -0.144. The highest BCUT2D eigenvalue weighted by Gasteiger charge is 2.38. The van der Waals surface area contributed by atoms with Crippen LogP contribution in [0.4, 0.5) is 4.79 Å². The SMILES string of the molecule is CCCCCNC(=O)C(c1cccc(O)c1)N(C(=O)C(CS)NC(=O)OC(C)(C)C)C(C)CCC(C)C. The number of phenols is 1. The molecule has 3 N–H and O–H groups in total. The number of thiol groups is 1. The van der Waals surface area contributed by atoms with Crippen molar-refractivity contribution < 1.29 is 24.2 Å². The third-order valence-electron chi connectivity index (χ3n) is 5.85. The molecule has 3 amide bonds. The average molecular weight is 538 g/mol. The first-order valence-electron chi connectivity index (χ1n) is 13.3. The predicted molar refractivity (Wildman–Crippen MR) is 151 cm³/mol. The van der Waals surface area contributed by atoms with Crippen LogP contribution in [0.15, 0.2) is 24.3 Å². The number of ether oxygens (including phenoxy) is 1. The first-order valence-corrected chi connectivity index (χ1v) is 13.9. The average Bonchev–Trinajstić information content (AvgIpc) is 2.80. The van der Waals surface area contributed by atoms with Crippen molar-refractivity contribution in [3.05, 3.63) is 29.8 Å². The van der Waals surface area contributed by atoms with Gasteiger partial charge >= 0.3 is 6.09 Å². The van der Waals surface area contributed by atoms with Gasteiger partial charge in [0.1, 0.15) is 23.4 Å². The zero-order chi connectivity index (χ0) is 28.2. The molecule has 0 radical (unpaired) electrons. The predicted octanol–water partition coefficient (Wildman–Crippen LogP) is 5.22. The van der Waals surface area contributed by atoms with Crippen LogP contribution in [0.2, 0.25) is 0 Å². The lowest BCUT2D eigenvalue weighted by Gasteiger charge is -2.38. The number of carbonyl (C=O) groups is 3. The molecule has 210 valence electrons. The number of aromatic hydroxyl groups is 1. The number of amides is 3. The van der Waals surface area contributed by atoms with E-state index in [0.717, 1.165) is 25.7 Å². The standard InChI is InChI=1S/C28H47N3O5S/c1-8-9-10-16-29-25(33)24(21-12-11-13-22(32)17-21)31(20(4)15-14-19(2)3)26(34)23(18-37)30-27(35)36-28(5,6)7/h11-13,17,19-20,23-24,32,37H,8-10,14-16,18H2,1-7H3,(H,29,33)(H,30,35). The molecule has 37 heavy (non-hydrogen) atoms. The second-order valence-corrected chi connectivity index (χ2v) is 11.3. The lowest BCUT2D eigenvalue weighted by atomic mass is 9.97. The van der Waals surface area contributed by atoms with E-state index in [9.17, 15) is 19.5 Å². The Morgan fingerprint density at radius 1 is 1.11 bits per heavy atom. The summed E-state index contributed by atoms with van der Waals surface area (Å²) in [4.78, 5) is 41.7. The summed E-state index contributed by atoms with van der Waals surface area (Å²) in [5.74, 6) is -0.338. The fourth-order valence-electron chi connectivity index (χ4n) is 3.94. The smallest absolute Gasteiger partial charge is 0.408 e. The van der Waals surface area contributed by atoms with E-state index in [2.05, 4.69) is 44.0 Å². The molecule has 0 aliphatic rings. The van der Waals surface area contributed by atoms with Crippen molar-refractivity contribution >= 4 is 30.5 Å². The van der Waals surface area contributed by atoms with Crippen molar-refractivity contribution in [3.8, 4) is 5.75 Å². The number of nitrogens with zero attached hydrogens (tertiary/aromatic N) is 1. The molecule has 0 spiro atoms. The van der Waals surface area contributed by atoms with Crippen LogP contribution in [-0.4, -0.2) is 57.9 Å². The molecule has 0 heterocycles. The fourth-order valence-corrected chi connectivity index (χ4v) is 4.19. The van der Waals surface area contributed by atoms with Gasteiger partial charge in [0.25, 0.3) is 0 Å². The van der Waals surface area contributed by atoms with Gasteiger partial charge in [0.2, 0.25) is 11.8 Å². The van der Waals surface area contributed by atoms with Gasteiger partial charge in [-0.3, -0.25) is 9.59 Å². The minimum Gasteiger partial charge on any atom is -0.508 e. The largest absolute Gasteiger partial charge is 0.508 e. The number of nitrogens with one attached hydrogen (secondary N) is 2. The minimum absolute atomic E-state index is 0.00106. The van der Waals surface area contributed by atoms with E-state index in [0.29, 0.717) is 24.4 Å². The molecular weight excluding hydrogens is 490 g/mol. The summed E-state index contributed by atoms with van der Waals surface area (Å²) < 4.78 is 5.36. The summed E-state index contributed by atoms with van der Waals surface area (Å²) in [6.45, 7) is 13.9. The molecular formula is C28H47N3O5S. The number of benzene rings is 1. The van der Waals surface area contributed by atoms with Crippen molar-refractivity contribution in [2.24, 2.45) is 5.92 Å². The molecule has 0 aliphatic carbocycles. The number of unbranched alkanes of at least 4 members (excludes halogenated alkanes) is 2. The zero-order valence-corrected chi connectivity index (χ0v) is 24.4. The maximum absolute atomic E-state index is 14.0. The molecule has 0 bridgehead atoms. The Balaban J connectivity index is 3.45. The van der Waals surface area contributed by atoms with Crippen molar-refractivity contribution in [1.82, 2.24) is 15.5 Å². The summed E-state index contributed by atoms with van der Waals surface area (Å²) in [6, 6.07) is 4.07. The van der Waals surface area contributed by atoms with Gasteiger partial charge in [-0.05, 0) is 70.6 Å². The third kappa shape index (κ3) is 11.7. The Kier molecular flexibility index (Phi) is 13.9. The highest BCUT2D eigenvalue weighted by atomic mass is 32.1. The van der Waals surface area contributed by atoms with Gasteiger partial charge in [-0.1, -0.05) is 45.7 Å². The van der Waals surface area contributed by atoms with E-state index >= 15 is 0 Å². The number of alkyl carbamates (subject to hydrolysis) is 1. The van der Waals surface area contributed by atoms with Gasteiger partial charge in [0.05, 0.1) is 0 Å². The maximum Gasteiger partial charge on any atom is 0.408 e. The quantitative estimate of drug-likeness (QED) is 0.192. The van der Waals surface area contributed by atoms with Crippen molar-refractivity contribution in [2.75, 3.05) is 12.3 Å². The zero-order valence-electron chi connectivity index (χ0n) is 23.5. The Morgan fingerprint density at radius 2 is 1.78 bits per heavy atom. The molecule has 0 aliphatic heterocycles. The number of hydrogen-bond acceptors (Lipinski definition) is 6. The Hall–Kier alpha value is -2.42. The third-order valence-corrected chi connectivity index (χ3v) is 6.22. The summed E-state index contributed by atoms with van der Waals surface area (Å²) >= 11 is 4.33. The van der Waals surface area contributed by atoms with Gasteiger partial charge in [-0.15, -0.1) is 0 Å². The van der Waals surface area contributed by atoms with Gasteiger partial charge in [-0.25, -0.2) is 4.79 Å². The second kappa shape index (κ2) is 15.7. The van der Waals surface area contributed by atoms with Crippen LogP contribution in [-0.2, 0) is 14.3 Å². The van der Waals surface area contributed by atoms with Gasteiger partial charge < -0.3 is 25.4 Å². The molecule has 3 unspecified atom stereocenters. The van der Waals surface area contributed by atoms with E-state index in [1.165, 1.54) is 17.0 Å². The van der Waals surface area contributed by atoms with E-state index < -0.39 is 29.7 Å². The van der Waals surface area contributed by atoms with Crippen LogP contribution in [0.1, 0.15) is 92.2 Å². The van der Waals surface area contributed by atoms with Crippen LogP contribution < -0.4 is 10.6 Å². The molecule has 0 saturated heterocycles. The maximum atomic E-state index is 14.0. The van der Waals surface area contributed by atoms with E-state index in [4.69, 9.17) is 4.74 Å². The second-order valence-electron chi connectivity index (χ2n) is 10.9. The summed E-state index contributed by atoms with van der Waals surface area (Å²) in [5, 5.41) is 15.8. The van der Waals surface area contributed by atoms with Gasteiger partial charge in [0.15, 0.2) is 0 Å². The van der Waals surface area contributed by atoms with Crippen LogP contribution in [0, 0.1) is 5.92 Å². The number of rotatable bonds is 14. The van der Waals surface area contributed by atoms with E-state index in [1.807, 2.05) is 6.92 Å². The topological polar surface area (TPSA) is 108 Å². The Bertz CT molecular complexity index is 872. The fraction of sp³-hybridized carbons (Fsp3) is 0.679. The van der Waals surface area contributed by atoms with Crippen molar-refractivity contribution in [2.45, 2.75) is 104 Å². The Morgan fingerprint density at radius 3 is 2.32 bits per heavy atom. The van der Waals surface area contributed by atoms with Crippen molar-refractivity contribution in [1.29, 1.82) is 0 Å². The number of hydrogen-bond donors (Lipinski definition) is 4. The molecule has 9 heteroatoms. The monoisotopic (exact) mass is 537 g/mol. The molecule has 1 rings (SSSR count). The summed E-state index contributed by atoms with van der Waals surface area (Å²) in [6.07, 6.45) is 3.60. The molecule has 0 saturated carbocycles. The summed E-state index contributed by atoms with van der Waals surface area (Å²) in [7, 11) is 0. The van der Waals surface area contributed by atoms with Crippen LogP contribution in [0.5, 0.6) is 5.75 Å². The van der Waals surface area contributed by atoms with Crippen molar-refractivity contribution in [3.63, 3.8) is 0 Å². The van der Waals surface area contributed by atoms with Crippen LogP contribution in [0.3, 0.4) is 0 Å². The first-order chi connectivity index (χ1) is 17.3. The minimum atomic E-state index is -1.01.